The van der Waals surface area contributed by atoms with Crippen molar-refractivity contribution in [1.82, 2.24) is 5.32 Å². The lowest BCUT2D eigenvalue weighted by Gasteiger charge is -2.33. The molecule has 0 saturated carbocycles. The molecule has 0 bridgehead atoms. The van der Waals surface area contributed by atoms with E-state index in [0.717, 1.165) is 22.5 Å². The Kier molecular flexibility index (Phi) is 5.28. The molecule has 0 aliphatic heterocycles. The minimum absolute atomic E-state index is 0.122. The SMILES string of the molecule is CC(C)(C)CC(C)(C)NCc1ccc(Cl)cc1Br. The van der Waals surface area contributed by atoms with Gasteiger partial charge in [-0.15, -0.1) is 0 Å². The van der Waals surface area contributed by atoms with Gasteiger partial charge in [-0.25, -0.2) is 0 Å². The first-order valence-corrected chi connectivity index (χ1v) is 7.45. The molecule has 0 fully saturated rings. The van der Waals surface area contributed by atoms with Gasteiger partial charge >= 0.3 is 0 Å². The molecule has 1 rings (SSSR count). The van der Waals surface area contributed by atoms with Crippen LogP contribution in [0.1, 0.15) is 46.6 Å². The van der Waals surface area contributed by atoms with Gasteiger partial charge in [-0.05, 0) is 43.4 Å². The topological polar surface area (TPSA) is 12.0 Å². The molecule has 0 aliphatic rings. The van der Waals surface area contributed by atoms with E-state index in [4.69, 9.17) is 11.6 Å². The highest BCUT2D eigenvalue weighted by atomic mass is 79.9. The normalized spacial score (nSPS) is 12.8. The van der Waals surface area contributed by atoms with E-state index in [2.05, 4.69) is 61.9 Å². The molecule has 0 amide bonds. The molecule has 0 spiro atoms. The van der Waals surface area contributed by atoms with Crippen LogP contribution in [0, 0.1) is 5.41 Å². The van der Waals surface area contributed by atoms with Crippen molar-refractivity contribution in [3.05, 3.63) is 33.3 Å². The number of hydrogen-bond acceptors (Lipinski definition) is 1. The van der Waals surface area contributed by atoms with Crippen molar-refractivity contribution in [1.29, 1.82) is 0 Å². The minimum Gasteiger partial charge on any atom is -0.308 e. The largest absolute Gasteiger partial charge is 0.308 e. The number of nitrogens with one attached hydrogen (secondary N) is 1. The van der Waals surface area contributed by atoms with E-state index < -0.39 is 0 Å². The summed E-state index contributed by atoms with van der Waals surface area (Å²) in [7, 11) is 0. The summed E-state index contributed by atoms with van der Waals surface area (Å²) < 4.78 is 1.06. The Hall–Kier alpha value is -0.0500. The second-order valence-electron chi connectivity index (χ2n) is 6.71. The zero-order valence-electron chi connectivity index (χ0n) is 11.9. The van der Waals surface area contributed by atoms with Gasteiger partial charge in [0.25, 0.3) is 0 Å². The molecule has 1 nitrogen and oxygen atoms in total. The highest BCUT2D eigenvalue weighted by Gasteiger charge is 2.24. The average Bonchev–Trinajstić information content (AvgIpc) is 2.12. The summed E-state index contributed by atoms with van der Waals surface area (Å²) in [6.45, 7) is 12.2. The molecule has 3 heteroatoms. The Morgan fingerprint density at radius 2 is 1.78 bits per heavy atom. The number of halogens is 2. The van der Waals surface area contributed by atoms with Gasteiger partial charge in [0.15, 0.2) is 0 Å². The molecule has 102 valence electrons. The third kappa shape index (κ3) is 5.73. The van der Waals surface area contributed by atoms with Crippen LogP contribution in [0.2, 0.25) is 5.02 Å². The van der Waals surface area contributed by atoms with Gasteiger partial charge < -0.3 is 5.32 Å². The van der Waals surface area contributed by atoms with Crippen molar-refractivity contribution in [2.24, 2.45) is 5.41 Å². The second kappa shape index (κ2) is 5.94. The minimum atomic E-state index is 0.122. The smallest absolute Gasteiger partial charge is 0.0417 e. The summed E-state index contributed by atoms with van der Waals surface area (Å²) in [5.41, 5.74) is 1.69. The predicted octanol–water partition coefficient (Wildman–Crippen LogP) is 5.41. The van der Waals surface area contributed by atoms with Gasteiger partial charge in [-0.1, -0.05) is 54.4 Å². The summed E-state index contributed by atoms with van der Waals surface area (Å²) in [6, 6.07) is 5.93. The summed E-state index contributed by atoms with van der Waals surface area (Å²) >= 11 is 9.50. The average molecular weight is 333 g/mol. The zero-order valence-corrected chi connectivity index (χ0v) is 14.2. The lowest BCUT2D eigenvalue weighted by Crippen LogP contribution is -2.41. The fourth-order valence-corrected chi connectivity index (χ4v) is 3.21. The van der Waals surface area contributed by atoms with Crippen molar-refractivity contribution in [2.75, 3.05) is 0 Å². The third-order valence-electron chi connectivity index (χ3n) is 2.74. The maximum absolute atomic E-state index is 5.94. The van der Waals surface area contributed by atoms with Crippen molar-refractivity contribution in [2.45, 2.75) is 53.1 Å². The van der Waals surface area contributed by atoms with Crippen molar-refractivity contribution in [3.63, 3.8) is 0 Å². The van der Waals surface area contributed by atoms with Crippen LogP contribution in [-0.2, 0) is 6.54 Å². The lowest BCUT2D eigenvalue weighted by atomic mass is 9.82. The Morgan fingerprint density at radius 1 is 1.17 bits per heavy atom. The Bertz CT molecular complexity index is 407. The maximum atomic E-state index is 5.94. The van der Waals surface area contributed by atoms with Crippen LogP contribution in [-0.4, -0.2) is 5.54 Å². The molecule has 1 N–H and O–H groups in total. The molecule has 0 aromatic heterocycles. The van der Waals surface area contributed by atoms with E-state index in [1.807, 2.05) is 12.1 Å². The van der Waals surface area contributed by atoms with Crippen molar-refractivity contribution < 1.29 is 0 Å². The molecule has 0 heterocycles. The molecule has 0 radical (unpaired) electrons. The van der Waals surface area contributed by atoms with E-state index in [1.165, 1.54) is 5.56 Å². The summed E-state index contributed by atoms with van der Waals surface area (Å²) in [6.07, 6.45) is 1.13. The van der Waals surface area contributed by atoms with E-state index in [-0.39, 0.29) is 5.54 Å². The van der Waals surface area contributed by atoms with Gasteiger partial charge in [0.1, 0.15) is 0 Å². The van der Waals surface area contributed by atoms with Crippen LogP contribution in [0.15, 0.2) is 22.7 Å². The second-order valence-corrected chi connectivity index (χ2v) is 8.00. The molecule has 18 heavy (non-hydrogen) atoms. The molecule has 0 saturated heterocycles. The highest BCUT2D eigenvalue weighted by molar-refractivity contribution is 9.10. The first-order chi connectivity index (χ1) is 8.09. The van der Waals surface area contributed by atoms with E-state index in [1.54, 1.807) is 0 Å². The van der Waals surface area contributed by atoms with E-state index in [0.29, 0.717) is 5.41 Å². The predicted molar refractivity (Wildman–Crippen MR) is 84.1 cm³/mol. The van der Waals surface area contributed by atoms with Crippen LogP contribution < -0.4 is 5.32 Å². The molecule has 0 atom stereocenters. The Morgan fingerprint density at radius 3 is 2.28 bits per heavy atom. The van der Waals surface area contributed by atoms with Gasteiger partial charge in [0.05, 0.1) is 0 Å². The lowest BCUT2D eigenvalue weighted by molar-refractivity contribution is 0.240. The summed E-state index contributed by atoms with van der Waals surface area (Å²) in [5, 5.41) is 4.38. The van der Waals surface area contributed by atoms with Gasteiger partial charge in [-0.2, -0.15) is 0 Å². The Balaban J connectivity index is 2.64. The van der Waals surface area contributed by atoms with Crippen LogP contribution in [0.3, 0.4) is 0 Å². The zero-order chi connectivity index (χ0) is 14.0. The number of benzene rings is 1. The quantitative estimate of drug-likeness (QED) is 0.777. The molecule has 1 aromatic rings. The fraction of sp³-hybridized carbons (Fsp3) is 0.600. The monoisotopic (exact) mass is 331 g/mol. The third-order valence-corrected chi connectivity index (χ3v) is 3.72. The standard InChI is InChI=1S/C15H23BrClN/c1-14(2,3)10-15(4,5)18-9-11-6-7-12(17)8-13(11)16/h6-8,18H,9-10H2,1-5H3. The summed E-state index contributed by atoms with van der Waals surface area (Å²) in [5.74, 6) is 0. The van der Waals surface area contributed by atoms with Gasteiger partial charge in [-0.3, -0.25) is 0 Å². The fourth-order valence-electron chi connectivity index (χ4n) is 2.39. The maximum Gasteiger partial charge on any atom is 0.0417 e. The van der Waals surface area contributed by atoms with Gasteiger partial charge in [0.2, 0.25) is 0 Å². The van der Waals surface area contributed by atoms with Crippen molar-refractivity contribution in [3.8, 4) is 0 Å². The Labute approximate surface area is 124 Å². The number of hydrogen-bond donors (Lipinski definition) is 1. The van der Waals surface area contributed by atoms with E-state index >= 15 is 0 Å². The van der Waals surface area contributed by atoms with E-state index in [9.17, 15) is 0 Å². The molecular formula is C15H23BrClN. The van der Waals surface area contributed by atoms with Crippen LogP contribution in [0.25, 0.3) is 0 Å². The van der Waals surface area contributed by atoms with Crippen LogP contribution in [0.4, 0.5) is 0 Å². The van der Waals surface area contributed by atoms with Crippen LogP contribution in [0.5, 0.6) is 0 Å². The highest BCUT2D eigenvalue weighted by Crippen LogP contribution is 2.28. The molecule has 0 unspecified atom stereocenters. The van der Waals surface area contributed by atoms with Crippen molar-refractivity contribution >= 4 is 27.5 Å². The molecule has 1 aromatic carbocycles. The molecule has 0 aliphatic carbocycles. The van der Waals surface area contributed by atoms with Crippen LogP contribution >= 0.6 is 27.5 Å². The first-order valence-electron chi connectivity index (χ1n) is 6.28. The molecular weight excluding hydrogens is 310 g/mol. The number of rotatable bonds is 4. The van der Waals surface area contributed by atoms with Gasteiger partial charge in [0, 0.05) is 21.6 Å². The first kappa shape index (κ1) is 16.0. The summed E-state index contributed by atoms with van der Waals surface area (Å²) in [4.78, 5) is 0.